The number of hydrogen-bond donors (Lipinski definition) is 1. The Balaban J connectivity index is 2.53. The molecule has 0 aromatic carbocycles. The number of halogens is 1. The molecule has 0 saturated carbocycles. The van der Waals surface area contributed by atoms with Crippen LogP contribution in [0.1, 0.15) is 33.6 Å². The minimum Gasteiger partial charge on any atom is -0.377 e. The van der Waals surface area contributed by atoms with Crippen molar-refractivity contribution in [1.29, 1.82) is 0 Å². The quantitative estimate of drug-likeness (QED) is 0.754. The summed E-state index contributed by atoms with van der Waals surface area (Å²) in [6.07, 6.45) is 1.79. The molecule has 1 aliphatic heterocycles. The molecular formula is C11H20ClNO2. The zero-order chi connectivity index (χ0) is 11.5. The van der Waals surface area contributed by atoms with Gasteiger partial charge in [0.05, 0.1) is 12.0 Å². The molecule has 0 bridgehead atoms. The Morgan fingerprint density at radius 2 is 2.27 bits per heavy atom. The molecule has 4 heteroatoms. The third-order valence-electron chi connectivity index (χ3n) is 2.74. The lowest BCUT2D eigenvalue weighted by Gasteiger charge is -2.26. The predicted octanol–water partition coefficient (Wildman–Crippen LogP) is 1.94. The molecule has 1 heterocycles. The first-order valence-electron chi connectivity index (χ1n) is 5.49. The van der Waals surface area contributed by atoms with E-state index in [2.05, 4.69) is 5.32 Å². The molecule has 1 saturated heterocycles. The van der Waals surface area contributed by atoms with Crippen molar-refractivity contribution in [2.45, 2.75) is 45.3 Å². The van der Waals surface area contributed by atoms with Crippen LogP contribution < -0.4 is 5.32 Å². The Labute approximate surface area is 96.5 Å². The third kappa shape index (κ3) is 3.35. The molecule has 2 unspecified atom stereocenters. The maximum absolute atomic E-state index is 11.9. The van der Waals surface area contributed by atoms with Crippen molar-refractivity contribution in [1.82, 2.24) is 5.32 Å². The Bertz CT molecular complexity index is 231. The van der Waals surface area contributed by atoms with Crippen molar-refractivity contribution in [3.05, 3.63) is 0 Å². The minimum absolute atomic E-state index is 0.00232. The SMILES string of the molecule is CCC1OCCC1C(=O)NC(C)(C)CCl. The third-order valence-corrected chi connectivity index (χ3v) is 3.41. The van der Waals surface area contributed by atoms with Gasteiger partial charge in [-0.3, -0.25) is 4.79 Å². The van der Waals surface area contributed by atoms with Crippen LogP contribution in [0.3, 0.4) is 0 Å². The molecule has 0 spiro atoms. The second kappa shape index (κ2) is 5.17. The summed E-state index contributed by atoms with van der Waals surface area (Å²) >= 11 is 5.77. The van der Waals surface area contributed by atoms with Gasteiger partial charge in [0.15, 0.2) is 0 Å². The summed E-state index contributed by atoms with van der Waals surface area (Å²) in [6, 6.07) is 0. The Morgan fingerprint density at radius 3 is 2.80 bits per heavy atom. The predicted molar refractivity (Wildman–Crippen MR) is 61.1 cm³/mol. The summed E-state index contributed by atoms with van der Waals surface area (Å²) in [4.78, 5) is 11.9. The number of ether oxygens (including phenoxy) is 1. The molecule has 1 rings (SSSR count). The van der Waals surface area contributed by atoms with Gasteiger partial charge in [0.2, 0.25) is 5.91 Å². The summed E-state index contributed by atoms with van der Waals surface area (Å²) in [7, 11) is 0. The summed E-state index contributed by atoms with van der Waals surface area (Å²) in [5.74, 6) is 0.492. The van der Waals surface area contributed by atoms with Crippen LogP contribution in [0.25, 0.3) is 0 Å². The molecule has 1 fully saturated rings. The van der Waals surface area contributed by atoms with E-state index < -0.39 is 0 Å². The number of hydrogen-bond acceptors (Lipinski definition) is 2. The van der Waals surface area contributed by atoms with Crippen molar-refractivity contribution in [3.63, 3.8) is 0 Å². The summed E-state index contributed by atoms with van der Waals surface area (Å²) in [5, 5.41) is 2.96. The molecule has 0 radical (unpaired) electrons. The first-order valence-corrected chi connectivity index (χ1v) is 6.03. The minimum atomic E-state index is -0.334. The molecule has 2 atom stereocenters. The van der Waals surface area contributed by atoms with Gasteiger partial charge in [-0.15, -0.1) is 11.6 Å². The zero-order valence-electron chi connectivity index (χ0n) is 9.68. The monoisotopic (exact) mass is 233 g/mol. The zero-order valence-corrected chi connectivity index (χ0v) is 10.4. The van der Waals surface area contributed by atoms with Crippen molar-refractivity contribution < 1.29 is 9.53 Å². The van der Waals surface area contributed by atoms with E-state index in [0.29, 0.717) is 12.5 Å². The largest absolute Gasteiger partial charge is 0.377 e. The van der Waals surface area contributed by atoms with Crippen LogP contribution in [0.15, 0.2) is 0 Å². The number of rotatable bonds is 4. The maximum Gasteiger partial charge on any atom is 0.226 e. The number of carbonyl (C=O) groups is 1. The Morgan fingerprint density at radius 1 is 1.60 bits per heavy atom. The number of nitrogens with one attached hydrogen (secondary N) is 1. The summed E-state index contributed by atoms with van der Waals surface area (Å²) in [6.45, 7) is 6.59. The summed E-state index contributed by atoms with van der Waals surface area (Å²) in [5.41, 5.74) is -0.334. The number of amides is 1. The van der Waals surface area contributed by atoms with Crippen LogP contribution in [0.2, 0.25) is 0 Å². The van der Waals surface area contributed by atoms with Gasteiger partial charge in [0.25, 0.3) is 0 Å². The lowest BCUT2D eigenvalue weighted by atomic mass is 9.97. The maximum atomic E-state index is 11.9. The van der Waals surface area contributed by atoms with Gasteiger partial charge in [0, 0.05) is 18.0 Å². The molecule has 1 aliphatic rings. The van der Waals surface area contributed by atoms with E-state index >= 15 is 0 Å². The first kappa shape index (κ1) is 12.8. The average molecular weight is 234 g/mol. The van der Waals surface area contributed by atoms with Gasteiger partial charge in [-0.1, -0.05) is 6.92 Å². The van der Waals surface area contributed by atoms with Crippen LogP contribution in [-0.4, -0.2) is 30.0 Å². The Hall–Kier alpha value is -0.280. The van der Waals surface area contributed by atoms with Crippen molar-refractivity contribution in [3.8, 4) is 0 Å². The van der Waals surface area contributed by atoms with Gasteiger partial charge in [-0.05, 0) is 26.7 Å². The van der Waals surface area contributed by atoms with Gasteiger partial charge in [-0.2, -0.15) is 0 Å². The molecule has 3 nitrogen and oxygen atoms in total. The lowest BCUT2D eigenvalue weighted by Crippen LogP contribution is -2.48. The smallest absolute Gasteiger partial charge is 0.226 e. The van der Waals surface area contributed by atoms with Crippen LogP contribution in [0.5, 0.6) is 0 Å². The van der Waals surface area contributed by atoms with Gasteiger partial charge >= 0.3 is 0 Å². The van der Waals surface area contributed by atoms with Crippen molar-refractivity contribution >= 4 is 17.5 Å². The molecule has 15 heavy (non-hydrogen) atoms. The van der Waals surface area contributed by atoms with E-state index in [0.717, 1.165) is 12.8 Å². The van der Waals surface area contributed by atoms with Gasteiger partial charge in [-0.25, -0.2) is 0 Å². The molecule has 0 aromatic heterocycles. The number of carbonyl (C=O) groups excluding carboxylic acids is 1. The lowest BCUT2D eigenvalue weighted by molar-refractivity contribution is -0.128. The standard InChI is InChI=1S/C11H20ClNO2/c1-4-9-8(5-6-15-9)10(14)13-11(2,3)7-12/h8-9H,4-7H2,1-3H3,(H,13,14). The van der Waals surface area contributed by atoms with Crippen LogP contribution in [0, 0.1) is 5.92 Å². The molecule has 1 amide bonds. The molecule has 88 valence electrons. The highest BCUT2D eigenvalue weighted by molar-refractivity contribution is 6.18. The van der Waals surface area contributed by atoms with Crippen LogP contribution >= 0.6 is 11.6 Å². The van der Waals surface area contributed by atoms with Crippen LogP contribution in [-0.2, 0) is 9.53 Å². The van der Waals surface area contributed by atoms with E-state index in [1.807, 2.05) is 20.8 Å². The van der Waals surface area contributed by atoms with E-state index in [1.54, 1.807) is 0 Å². The first-order chi connectivity index (χ1) is 7.00. The topological polar surface area (TPSA) is 38.3 Å². The molecule has 0 aliphatic carbocycles. The molecule has 1 N–H and O–H groups in total. The highest BCUT2D eigenvalue weighted by Gasteiger charge is 2.34. The molecule has 0 aromatic rings. The van der Waals surface area contributed by atoms with Crippen molar-refractivity contribution in [2.24, 2.45) is 5.92 Å². The normalized spacial score (nSPS) is 26.7. The number of alkyl halides is 1. The highest BCUT2D eigenvalue weighted by atomic mass is 35.5. The van der Waals surface area contributed by atoms with E-state index in [4.69, 9.17) is 16.3 Å². The van der Waals surface area contributed by atoms with E-state index in [-0.39, 0.29) is 23.5 Å². The fourth-order valence-electron chi connectivity index (χ4n) is 1.81. The fourth-order valence-corrected chi connectivity index (χ4v) is 1.88. The molecular weight excluding hydrogens is 214 g/mol. The fraction of sp³-hybridized carbons (Fsp3) is 0.909. The highest BCUT2D eigenvalue weighted by Crippen LogP contribution is 2.24. The van der Waals surface area contributed by atoms with E-state index in [9.17, 15) is 4.79 Å². The van der Waals surface area contributed by atoms with Crippen LogP contribution in [0.4, 0.5) is 0 Å². The Kier molecular flexibility index (Phi) is 4.41. The second-order valence-electron chi connectivity index (χ2n) is 4.72. The second-order valence-corrected chi connectivity index (χ2v) is 4.99. The van der Waals surface area contributed by atoms with E-state index in [1.165, 1.54) is 0 Å². The van der Waals surface area contributed by atoms with Crippen molar-refractivity contribution in [2.75, 3.05) is 12.5 Å². The summed E-state index contributed by atoms with van der Waals surface area (Å²) < 4.78 is 5.49. The van der Waals surface area contributed by atoms with Gasteiger partial charge < -0.3 is 10.1 Å². The average Bonchev–Trinajstić information content (AvgIpc) is 2.64. The van der Waals surface area contributed by atoms with Gasteiger partial charge in [0.1, 0.15) is 0 Å².